The highest BCUT2D eigenvalue weighted by Gasteiger charge is 2.08. The van der Waals surface area contributed by atoms with Crippen molar-refractivity contribution in [1.82, 2.24) is 20.0 Å². The quantitative estimate of drug-likeness (QED) is 0.522. The number of alkyl halides is 1. The maximum Gasteiger partial charge on any atom is 0.0902 e. The van der Waals surface area contributed by atoms with Gasteiger partial charge in [0, 0.05) is 58.1 Å². The van der Waals surface area contributed by atoms with Crippen molar-refractivity contribution in [3.63, 3.8) is 0 Å². The highest BCUT2D eigenvalue weighted by atomic mass is 35.5. The third-order valence-electron chi connectivity index (χ3n) is 2.72. The van der Waals surface area contributed by atoms with Crippen molar-refractivity contribution in [2.24, 2.45) is 0 Å². The normalized spacial score (nSPS) is 21.2. The molecule has 0 aromatic rings. The molecule has 5 nitrogen and oxygen atoms in total. The van der Waals surface area contributed by atoms with E-state index in [-0.39, 0.29) is 19.1 Å². The lowest BCUT2D eigenvalue weighted by molar-refractivity contribution is -0.0976. The number of nitrogens with one attached hydrogen (secondary N) is 2. The fourth-order valence-corrected chi connectivity index (χ4v) is 2.61. The summed E-state index contributed by atoms with van der Waals surface area (Å²) in [4.78, 5) is 0. The van der Waals surface area contributed by atoms with Crippen LogP contribution in [-0.4, -0.2) is 79.4 Å². The van der Waals surface area contributed by atoms with Crippen molar-refractivity contribution in [2.45, 2.75) is 6.42 Å². The Morgan fingerprint density at radius 1 is 1.00 bits per heavy atom. The molecule has 0 bridgehead atoms. The third kappa shape index (κ3) is 10.8. The van der Waals surface area contributed by atoms with Crippen LogP contribution < -0.4 is 10.6 Å². The van der Waals surface area contributed by atoms with E-state index in [9.17, 15) is 4.39 Å². The lowest BCUT2D eigenvalue weighted by atomic mass is 10.4. The summed E-state index contributed by atoms with van der Waals surface area (Å²) in [7, 11) is 0. The molecule has 2 aliphatic rings. The van der Waals surface area contributed by atoms with Crippen LogP contribution >= 0.6 is 24.4 Å². The molecule has 0 aliphatic carbocycles. The molecule has 0 spiro atoms. The molecule has 0 amide bonds. The molecule has 8 heteroatoms. The van der Waals surface area contributed by atoms with Gasteiger partial charge in [0.2, 0.25) is 0 Å². The van der Waals surface area contributed by atoms with Gasteiger partial charge in [-0.15, -0.1) is 12.4 Å². The fraction of sp³-hybridized carbons (Fsp3) is 1.00. The lowest BCUT2D eigenvalue weighted by Gasteiger charge is -2.25. The van der Waals surface area contributed by atoms with Crippen LogP contribution in [0.15, 0.2) is 0 Å². The van der Waals surface area contributed by atoms with Crippen molar-refractivity contribution >= 4 is 24.4 Å². The molecule has 2 saturated heterocycles. The van der Waals surface area contributed by atoms with Crippen LogP contribution in [0.25, 0.3) is 0 Å². The monoisotopic (exact) mass is 316 g/mol. The molecule has 0 aromatic carbocycles. The van der Waals surface area contributed by atoms with E-state index in [2.05, 4.69) is 14.9 Å². The topological polar surface area (TPSA) is 50.8 Å². The highest BCUT2D eigenvalue weighted by molar-refractivity contribution is 7.97. The number of rotatable bonds is 4. The van der Waals surface area contributed by atoms with Gasteiger partial charge in [-0.1, -0.05) is 11.9 Å². The van der Waals surface area contributed by atoms with Crippen LogP contribution in [0.1, 0.15) is 6.42 Å². The van der Waals surface area contributed by atoms with Crippen molar-refractivity contribution < 1.29 is 9.60 Å². The summed E-state index contributed by atoms with van der Waals surface area (Å²) in [6, 6.07) is 0. The summed E-state index contributed by atoms with van der Waals surface area (Å²) < 4.78 is 14.0. The fourth-order valence-electron chi connectivity index (χ4n) is 1.67. The molecule has 2 fully saturated rings. The molecular formula is C11H26ClFN4OS. The minimum Gasteiger partial charge on any atom is -0.314 e. The van der Waals surface area contributed by atoms with E-state index in [0.29, 0.717) is 6.42 Å². The molecule has 2 rings (SSSR count). The highest BCUT2D eigenvalue weighted by Crippen LogP contribution is 2.11. The largest absolute Gasteiger partial charge is 0.314 e. The number of nitrogens with zero attached hydrogens (tertiary/aromatic N) is 2. The molecule has 2 aliphatic heterocycles. The van der Waals surface area contributed by atoms with Gasteiger partial charge in [0.15, 0.2) is 0 Å². The summed E-state index contributed by atoms with van der Waals surface area (Å²) in [5, 5.41) is 16.4. The number of piperazine rings is 2. The summed E-state index contributed by atoms with van der Waals surface area (Å²) >= 11 is 1.78. The average molecular weight is 317 g/mol. The molecule has 0 atom stereocenters. The van der Waals surface area contributed by atoms with Crippen LogP contribution in [-0.2, 0) is 0 Å². The van der Waals surface area contributed by atoms with Gasteiger partial charge in [-0.3, -0.25) is 4.39 Å². The van der Waals surface area contributed by atoms with E-state index in [0.717, 1.165) is 58.1 Å². The maximum absolute atomic E-state index is 11.7. The molecule has 3 N–H and O–H groups in total. The van der Waals surface area contributed by atoms with E-state index in [4.69, 9.17) is 5.21 Å². The summed E-state index contributed by atoms with van der Waals surface area (Å²) in [6.07, 6.45) is 0.689. The number of hydrogen-bond donors (Lipinski definition) is 3. The Hall–Kier alpha value is 0.370. The molecule has 2 heterocycles. The van der Waals surface area contributed by atoms with E-state index in [1.807, 2.05) is 0 Å². The first kappa shape index (κ1) is 19.4. The Morgan fingerprint density at radius 2 is 1.53 bits per heavy atom. The van der Waals surface area contributed by atoms with Gasteiger partial charge in [-0.05, 0) is 6.42 Å². The SMILES string of the molecule is Cl.FCCCSN1CCNCC1.ON1CCNCC1. The molecule has 0 radical (unpaired) electrons. The van der Waals surface area contributed by atoms with Gasteiger partial charge < -0.3 is 15.8 Å². The molecule has 19 heavy (non-hydrogen) atoms. The van der Waals surface area contributed by atoms with Crippen LogP contribution in [0.4, 0.5) is 4.39 Å². The Kier molecular flexibility index (Phi) is 13.6. The maximum atomic E-state index is 11.7. The zero-order valence-electron chi connectivity index (χ0n) is 11.3. The standard InChI is InChI=1S/C7H15FN2S.C4H10N2O.ClH/c8-2-1-7-11-10-5-3-9-4-6-10;7-6-3-1-5-2-4-6;/h9H,1-7H2;5,7H,1-4H2;1H. The van der Waals surface area contributed by atoms with Gasteiger partial charge >= 0.3 is 0 Å². The minimum atomic E-state index is -0.181. The summed E-state index contributed by atoms with van der Waals surface area (Å²) in [5.74, 6) is 0.927. The van der Waals surface area contributed by atoms with Crippen molar-refractivity contribution in [3.8, 4) is 0 Å². The Labute approximate surface area is 125 Å². The van der Waals surface area contributed by atoms with Gasteiger partial charge in [0.05, 0.1) is 6.67 Å². The molecule has 0 unspecified atom stereocenters. The van der Waals surface area contributed by atoms with Gasteiger partial charge in [-0.2, -0.15) is 5.06 Å². The van der Waals surface area contributed by atoms with Crippen molar-refractivity contribution in [3.05, 3.63) is 0 Å². The van der Waals surface area contributed by atoms with Crippen LogP contribution in [0.2, 0.25) is 0 Å². The number of halogens is 2. The molecular weight excluding hydrogens is 291 g/mol. The predicted octanol–water partition coefficient (Wildman–Crippen LogP) is 0.602. The Balaban J connectivity index is 0.000000352. The van der Waals surface area contributed by atoms with Gasteiger partial charge in [0.25, 0.3) is 0 Å². The van der Waals surface area contributed by atoms with Crippen LogP contribution in [0.5, 0.6) is 0 Å². The van der Waals surface area contributed by atoms with E-state index in [1.165, 1.54) is 5.06 Å². The molecule has 0 saturated carbocycles. The first-order valence-corrected chi connectivity index (χ1v) is 7.56. The first-order chi connectivity index (χ1) is 8.83. The van der Waals surface area contributed by atoms with E-state index in [1.54, 1.807) is 11.9 Å². The second-order valence-electron chi connectivity index (χ2n) is 4.26. The van der Waals surface area contributed by atoms with Crippen LogP contribution in [0, 0.1) is 0 Å². The first-order valence-electron chi connectivity index (χ1n) is 6.62. The molecule has 116 valence electrons. The minimum absolute atomic E-state index is 0. The summed E-state index contributed by atoms with van der Waals surface area (Å²) in [5.41, 5.74) is 0. The zero-order valence-corrected chi connectivity index (χ0v) is 12.9. The lowest BCUT2D eigenvalue weighted by Crippen LogP contribution is -2.41. The van der Waals surface area contributed by atoms with Crippen LogP contribution in [0.3, 0.4) is 0 Å². The number of hydroxylamine groups is 2. The average Bonchev–Trinajstić information content (AvgIpc) is 2.42. The third-order valence-corrected chi connectivity index (χ3v) is 3.92. The van der Waals surface area contributed by atoms with Gasteiger partial charge in [-0.25, -0.2) is 4.31 Å². The molecule has 0 aromatic heterocycles. The predicted molar refractivity (Wildman–Crippen MR) is 81.0 cm³/mol. The Bertz CT molecular complexity index is 196. The van der Waals surface area contributed by atoms with E-state index >= 15 is 0 Å². The van der Waals surface area contributed by atoms with Crippen molar-refractivity contribution in [1.29, 1.82) is 0 Å². The number of hydrogen-bond acceptors (Lipinski definition) is 6. The second kappa shape index (κ2) is 13.4. The smallest absolute Gasteiger partial charge is 0.0902 e. The van der Waals surface area contributed by atoms with E-state index < -0.39 is 0 Å². The van der Waals surface area contributed by atoms with Gasteiger partial charge in [0.1, 0.15) is 0 Å². The summed E-state index contributed by atoms with van der Waals surface area (Å²) in [6.45, 7) is 7.51. The second-order valence-corrected chi connectivity index (χ2v) is 5.44. The zero-order chi connectivity index (χ0) is 13.1. The van der Waals surface area contributed by atoms with Crippen molar-refractivity contribution in [2.75, 3.05) is 64.8 Å². The Morgan fingerprint density at radius 3 is 1.95 bits per heavy atom.